The maximum Gasteiger partial charge on any atom is 0.338 e. The fraction of sp³-hybridized carbons (Fsp3) is 0.400. The van der Waals surface area contributed by atoms with E-state index in [2.05, 4.69) is 0 Å². The van der Waals surface area contributed by atoms with Crippen molar-refractivity contribution in [3.05, 3.63) is 46.8 Å². The minimum atomic E-state index is -0.486. The molecule has 0 fully saturated rings. The molecule has 0 aromatic rings. The van der Waals surface area contributed by atoms with Gasteiger partial charge in [-0.05, 0) is 33.8 Å². The number of allylic oxidation sites excluding steroid dienone is 5. The van der Waals surface area contributed by atoms with Gasteiger partial charge in [0.05, 0.1) is 5.57 Å². The summed E-state index contributed by atoms with van der Waals surface area (Å²) in [6, 6.07) is 0. The van der Waals surface area contributed by atoms with Crippen LogP contribution >= 0.6 is 0 Å². The van der Waals surface area contributed by atoms with Crippen LogP contribution in [-0.2, 0) is 14.3 Å². The first-order valence-electron chi connectivity index (χ1n) is 6.03. The van der Waals surface area contributed by atoms with E-state index in [1.165, 1.54) is 0 Å². The van der Waals surface area contributed by atoms with Gasteiger partial charge in [0.15, 0.2) is 0 Å². The fourth-order valence-electron chi connectivity index (χ4n) is 1.76. The SMILES string of the molecule is CC1=CC=C2OCC(C(=O)OC(C)(C)C)=C2C=C1. The molecule has 0 N–H and O–H groups in total. The highest BCUT2D eigenvalue weighted by atomic mass is 16.6. The Balaban J connectivity index is 2.30. The Kier molecular flexibility index (Phi) is 3.16. The molecule has 2 rings (SSSR count). The minimum Gasteiger partial charge on any atom is -0.488 e. The van der Waals surface area contributed by atoms with Gasteiger partial charge in [-0.1, -0.05) is 23.8 Å². The summed E-state index contributed by atoms with van der Waals surface area (Å²) in [5.41, 5.74) is 2.06. The van der Waals surface area contributed by atoms with E-state index < -0.39 is 5.60 Å². The number of carbonyl (C=O) groups is 1. The minimum absolute atomic E-state index is 0.285. The van der Waals surface area contributed by atoms with Gasteiger partial charge in [-0.25, -0.2) is 4.79 Å². The highest BCUT2D eigenvalue weighted by Crippen LogP contribution is 2.30. The number of esters is 1. The third kappa shape index (κ3) is 2.73. The molecule has 18 heavy (non-hydrogen) atoms. The maximum absolute atomic E-state index is 12.1. The first-order valence-corrected chi connectivity index (χ1v) is 6.03. The largest absolute Gasteiger partial charge is 0.488 e. The lowest BCUT2D eigenvalue weighted by atomic mass is 10.1. The summed E-state index contributed by atoms with van der Waals surface area (Å²) in [4.78, 5) is 12.1. The molecule has 0 aromatic heterocycles. The Hall–Kier alpha value is -1.77. The predicted octanol–water partition coefficient (Wildman–Crippen LogP) is 3.05. The molecule has 2 aliphatic rings. The molecule has 0 aromatic carbocycles. The molecule has 0 saturated carbocycles. The fourth-order valence-corrected chi connectivity index (χ4v) is 1.76. The third-order valence-corrected chi connectivity index (χ3v) is 2.62. The lowest BCUT2D eigenvalue weighted by Crippen LogP contribution is -2.25. The van der Waals surface area contributed by atoms with Gasteiger partial charge in [0.2, 0.25) is 0 Å². The van der Waals surface area contributed by atoms with Gasteiger partial charge in [-0.15, -0.1) is 0 Å². The second-order valence-corrected chi connectivity index (χ2v) is 5.46. The molecule has 0 radical (unpaired) electrons. The number of hydrogen-bond donors (Lipinski definition) is 0. The van der Waals surface area contributed by atoms with Crippen molar-refractivity contribution in [2.24, 2.45) is 0 Å². The van der Waals surface area contributed by atoms with Crippen molar-refractivity contribution in [2.75, 3.05) is 6.61 Å². The van der Waals surface area contributed by atoms with Crippen LogP contribution in [0.25, 0.3) is 0 Å². The number of fused-ring (bicyclic) bond motifs is 1. The summed E-state index contributed by atoms with van der Waals surface area (Å²) in [6.45, 7) is 7.86. The Bertz CT molecular complexity index is 496. The highest BCUT2D eigenvalue weighted by molar-refractivity contribution is 5.92. The molecule has 0 atom stereocenters. The van der Waals surface area contributed by atoms with Gasteiger partial charge < -0.3 is 9.47 Å². The molecule has 0 amide bonds. The van der Waals surface area contributed by atoms with Crippen molar-refractivity contribution in [3.8, 4) is 0 Å². The number of hydrogen-bond acceptors (Lipinski definition) is 3. The molecule has 0 spiro atoms. The molecule has 0 unspecified atom stereocenters. The summed E-state index contributed by atoms with van der Waals surface area (Å²) in [5, 5.41) is 0. The first-order chi connectivity index (χ1) is 8.37. The van der Waals surface area contributed by atoms with Crippen molar-refractivity contribution in [1.82, 2.24) is 0 Å². The van der Waals surface area contributed by atoms with Crippen LogP contribution in [0.2, 0.25) is 0 Å². The third-order valence-electron chi connectivity index (χ3n) is 2.62. The molecular weight excluding hydrogens is 228 g/mol. The zero-order chi connectivity index (χ0) is 13.3. The Morgan fingerprint density at radius 1 is 1.28 bits per heavy atom. The van der Waals surface area contributed by atoms with Crippen LogP contribution in [0.1, 0.15) is 27.7 Å². The van der Waals surface area contributed by atoms with E-state index >= 15 is 0 Å². The van der Waals surface area contributed by atoms with Crippen LogP contribution in [0.3, 0.4) is 0 Å². The lowest BCUT2D eigenvalue weighted by molar-refractivity contribution is -0.150. The van der Waals surface area contributed by atoms with Gasteiger partial charge in [0.1, 0.15) is 18.0 Å². The lowest BCUT2D eigenvalue weighted by Gasteiger charge is -2.19. The van der Waals surface area contributed by atoms with Crippen molar-refractivity contribution >= 4 is 5.97 Å². The maximum atomic E-state index is 12.1. The average Bonchev–Trinajstić information content (AvgIpc) is 2.56. The van der Waals surface area contributed by atoms with Gasteiger partial charge >= 0.3 is 5.97 Å². The van der Waals surface area contributed by atoms with E-state index in [1.807, 2.05) is 52.0 Å². The molecule has 1 aliphatic heterocycles. The standard InChI is InChI=1S/C15H18O3/c1-10-5-7-11-12(9-17-13(11)8-6-10)14(16)18-15(2,3)4/h5-8H,9H2,1-4H3. The first kappa shape index (κ1) is 12.7. The van der Waals surface area contributed by atoms with Crippen molar-refractivity contribution in [2.45, 2.75) is 33.3 Å². The van der Waals surface area contributed by atoms with Crippen LogP contribution < -0.4 is 0 Å². The number of rotatable bonds is 1. The summed E-state index contributed by atoms with van der Waals surface area (Å²) in [6.07, 6.45) is 7.74. The number of carbonyl (C=O) groups excluding carboxylic acids is 1. The molecule has 0 bridgehead atoms. The predicted molar refractivity (Wildman–Crippen MR) is 69.8 cm³/mol. The Morgan fingerprint density at radius 3 is 2.67 bits per heavy atom. The number of ether oxygens (including phenoxy) is 2. The van der Waals surface area contributed by atoms with E-state index in [1.54, 1.807) is 0 Å². The van der Waals surface area contributed by atoms with E-state index in [0.29, 0.717) is 5.57 Å². The van der Waals surface area contributed by atoms with E-state index in [-0.39, 0.29) is 12.6 Å². The summed E-state index contributed by atoms with van der Waals surface area (Å²) < 4.78 is 10.9. The zero-order valence-corrected chi connectivity index (χ0v) is 11.2. The van der Waals surface area contributed by atoms with Crippen LogP contribution in [0.4, 0.5) is 0 Å². The van der Waals surface area contributed by atoms with E-state index in [4.69, 9.17) is 9.47 Å². The van der Waals surface area contributed by atoms with Crippen molar-refractivity contribution in [1.29, 1.82) is 0 Å². The van der Waals surface area contributed by atoms with Crippen LogP contribution in [0, 0.1) is 0 Å². The topological polar surface area (TPSA) is 35.5 Å². The monoisotopic (exact) mass is 246 g/mol. The van der Waals surface area contributed by atoms with Crippen molar-refractivity contribution in [3.63, 3.8) is 0 Å². The van der Waals surface area contributed by atoms with E-state index in [9.17, 15) is 4.79 Å². The van der Waals surface area contributed by atoms with Gasteiger partial charge in [-0.2, -0.15) is 0 Å². The smallest absolute Gasteiger partial charge is 0.338 e. The van der Waals surface area contributed by atoms with Crippen LogP contribution in [-0.4, -0.2) is 18.2 Å². The quantitative estimate of drug-likeness (QED) is 0.667. The average molecular weight is 246 g/mol. The normalized spacial score (nSPS) is 18.7. The molecular formula is C15H18O3. The Labute approximate surface area is 107 Å². The van der Waals surface area contributed by atoms with Crippen LogP contribution in [0.15, 0.2) is 46.8 Å². The summed E-state index contributed by atoms with van der Waals surface area (Å²) in [7, 11) is 0. The van der Waals surface area contributed by atoms with Gasteiger partial charge in [-0.3, -0.25) is 0 Å². The molecule has 0 saturated heterocycles. The van der Waals surface area contributed by atoms with E-state index in [0.717, 1.165) is 16.9 Å². The summed E-state index contributed by atoms with van der Waals surface area (Å²) >= 11 is 0. The van der Waals surface area contributed by atoms with Gasteiger partial charge in [0.25, 0.3) is 0 Å². The molecule has 96 valence electrons. The van der Waals surface area contributed by atoms with Gasteiger partial charge in [0, 0.05) is 5.57 Å². The molecule has 3 heteroatoms. The second-order valence-electron chi connectivity index (χ2n) is 5.46. The highest BCUT2D eigenvalue weighted by Gasteiger charge is 2.29. The van der Waals surface area contributed by atoms with Crippen molar-refractivity contribution < 1.29 is 14.3 Å². The second kappa shape index (κ2) is 4.48. The Morgan fingerprint density at radius 2 is 2.00 bits per heavy atom. The zero-order valence-electron chi connectivity index (χ0n) is 11.2. The molecule has 3 nitrogen and oxygen atoms in total. The summed E-state index contributed by atoms with van der Waals surface area (Å²) in [5.74, 6) is 0.439. The molecule has 1 heterocycles. The molecule has 1 aliphatic carbocycles. The van der Waals surface area contributed by atoms with Crippen LogP contribution in [0.5, 0.6) is 0 Å².